The number of carbonyl (C=O) groups excluding carboxylic acids is 11. The van der Waals surface area contributed by atoms with Crippen LogP contribution in [0.4, 0.5) is 0 Å². The van der Waals surface area contributed by atoms with Crippen LogP contribution in [0.15, 0.2) is 82.6 Å². The van der Waals surface area contributed by atoms with E-state index >= 15 is 28.8 Å². The number of sulfonamides is 2. The number of likely N-dealkylation sites (tertiary alicyclic amines) is 2. The fourth-order valence-corrected chi connectivity index (χ4v) is 22.9. The number of phenols is 2. The maximum Gasteiger partial charge on any atom is 0.318 e. The second-order valence-electron chi connectivity index (χ2n) is 41.4. The molecule has 3 heterocycles. The molecule has 9 N–H and O–H groups in total. The molecular formula is C99H141N7O27S2. The van der Waals surface area contributed by atoms with E-state index in [4.69, 9.17) is 18.9 Å². The van der Waals surface area contributed by atoms with Gasteiger partial charge in [-0.3, -0.25) is 76.9 Å². The van der Waals surface area contributed by atoms with Gasteiger partial charge in [0, 0.05) is 62.5 Å². The summed E-state index contributed by atoms with van der Waals surface area (Å²) in [6.07, 6.45) is -1.48. The number of cyclic esters (lactones) is 2. The molecule has 0 spiro atoms. The number of imide groups is 2. The largest absolute Gasteiger partial charge is 0.507 e. The average molecular weight is 1930 g/mol. The fraction of sp³-hybridized carbons (Fsp3) is 0.616. The lowest BCUT2D eigenvalue weighted by Gasteiger charge is -2.45. The van der Waals surface area contributed by atoms with Gasteiger partial charge in [-0.05, 0) is 156 Å². The third-order valence-corrected chi connectivity index (χ3v) is 30.6. The maximum atomic E-state index is 16.1. The van der Waals surface area contributed by atoms with Crippen LogP contribution in [0.3, 0.4) is 0 Å². The highest BCUT2D eigenvalue weighted by atomic mass is 32.2. The summed E-state index contributed by atoms with van der Waals surface area (Å²) >= 11 is 0. The molecule has 0 aliphatic carbocycles. The van der Waals surface area contributed by atoms with Crippen molar-refractivity contribution in [3.63, 3.8) is 0 Å². The molecule has 12 unspecified atom stereocenters. The molecule has 746 valence electrons. The van der Waals surface area contributed by atoms with Crippen molar-refractivity contribution in [1.82, 2.24) is 34.8 Å². The van der Waals surface area contributed by atoms with Gasteiger partial charge in [0.25, 0.3) is 0 Å². The monoisotopic (exact) mass is 1920 g/mol. The molecule has 12 atom stereocenters. The van der Waals surface area contributed by atoms with E-state index < -0.39 is 273 Å². The zero-order valence-electron chi connectivity index (χ0n) is 82.2. The Morgan fingerprint density at radius 2 is 0.896 bits per heavy atom. The molecular weight excluding hydrogens is 1780 g/mol. The summed E-state index contributed by atoms with van der Waals surface area (Å²) in [6, 6.07) is 16.6. The van der Waals surface area contributed by atoms with Gasteiger partial charge in [-0.15, -0.1) is 0 Å². The summed E-state index contributed by atoms with van der Waals surface area (Å²) in [5.74, 6) is -33.6. The first-order chi connectivity index (χ1) is 62.5. The second-order valence-corrected chi connectivity index (χ2v) is 44.8. The predicted octanol–water partition coefficient (Wildman–Crippen LogP) is 11.4. The van der Waals surface area contributed by atoms with Gasteiger partial charge < -0.3 is 60.0 Å². The highest BCUT2D eigenvalue weighted by Gasteiger charge is 2.63. The van der Waals surface area contributed by atoms with Crippen molar-refractivity contribution in [2.45, 2.75) is 212 Å². The molecule has 3 saturated heterocycles. The first-order valence-corrected chi connectivity index (χ1v) is 49.1. The summed E-state index contributed by atoms with van der Waals surface area (Å²) in [7, 11) is -3.32. The van der Waals surface area contributed by atoms with E-state index in [2.05, 4.69) is 20.1 Å². The lowest BCUT2D eigenvalue weighted by atomic mass is 9.57. The number of amides is 6. The van der Waals surface area contributed by atoms with Crippen LogP contribution in [-0.2, 0) is 87.1 Å². The van der Waals surface area contributed by atoms with E-state index in [-0.39, 0.29) is 91.7 Å². The summed E-state index contributed by atoms with van der Waals surface area (Å²) < 4.78 is 83.3. The Morgan fingerprint density at radius 1 is 0.496 bits per heavy atom. The van der Waals surface area contributed by atoms with Crippen molar-refractivity contribution in [1.29, 1.82) is 0 Å². The summed E-state index contributed by atoms with van der Waals surface area (Å²) in [4.78, 5) is 209. The van der Waals surface area contributed by atoms with Crippen LogP contribution < -0.4 is 29.6 Å². The van der Waals surface area contributed by atoms with Crippen LogP contribution in [0.5, 0.6) is 23.0 Å². The second kappa shape index (κ2) is 45.2. The number of carboxylic acids is 3. The number of aliphatic carboxylic acids is 3. The Bertz CT molecular complexity index is 5310. The van der Waals surface area contributed by atoms with Gasteiger partial charge in [-0.25, -0.2) is 26.3 Å². The fourth-order valence-electron chi connectivity index (χ4n) is 20.5. The number of ether oxygens (including phenoxy) is 4. The number of carboxylic acid groups (broad SMARTS) is 3. The normalized spacial score (nSPS) is 19.1. The summed E-state index contributed by atoms with van der Waals surface area (Å²) in [5, 5.41) is 62.5. The Morgan fingerprint density at radius 3 is 1.30 bits per heavy atom. The van der Waals surface area contributed by atoms with Crippen molar-refractivity contribution in [3.05, 3.63) is 106 Å². The van der Waals surface area contributed by atoms with Crippen molar-refractivity contribution in [3.8, 4) is 23.0 Å². The van der Waals surface area contributed by atoms with E-state index in [9.17, 15) is 80.7 Å². The number of rotatable bonds is 53. The Kier molecular flexibility index (Phi) is 37.3. The van der Waals surface area contributed by atoms with Crippen LogP contribution in [-0.4, -0.2) is 221 Å². The SMILES string of the molecule is CCOC(=O)C(C(CC(C)(C)C1C(=O)OC(=O)C1C)C(=O)O)C(C)(C)CC(C(=O)O)C(C(=O)NCCCN(C)C)C(C)(C)CC1C(=O)N(CCCC(C)C)C(=O)C1C(C)(C)CC1C(=O)N(CCCNS(=O)(=O)c2cc(C(=O)c3ccc(C)cc3)c(O)cc2OC)C(=O)C1C(C)(C)CC(C(=O)O)C(C(=O)NCCCNS(=O)(=O)c1cc(C(=O)c2ccc(C)cc2)c(O)cc1OC)C(C)(C)CC. The van der Waals surface area contributed by atoms with E-state index in [1.807, 2.05) is 25.7 Å². The van der Waals surface area contributed by atoms with Crippen LogP contribution in [0.1, 0.15) is 231 Å². The standard InChI is InChI=1S/C99H141N7O27S2/c1-24-94(8,9)75(82(111)100-39-27-41-102-134(126,127)72-46-61(68(107)48-70(72)130-22)80(109)59-35-31-56(5)32-36-59)65(88(117)118)52-98(16,17)78-64(85(114)106(87(78)116)45-29-42-103-135(128,129)73-47-62(69(108)49-71(73)131-23)81(110)60-37-33-57(6)34-38-60)51-97(14,15)77-63(84(113)105(86(77)115)44-26-30-55(3)4)50-96(12,13)76(83(112)101-40-28-43-104(20)21)66(89(119)120)53-99(18,19)79(92(124)132-25-2)67(90(121)122)54-95(10,11)74-58(7)91(123)133-93(74)125/h31-38,46-49,55,58,63-67,74-79,102-103,107-108H,24-30,39-45,50-54H2,1-23H3,(H,100,111)(H,101,112)(H,117,118)(H,119,120)(H,121,122). The number of hydrogen-bond acceptors (Lipinski definition) is 25. The number of aryl methyl sites for hydroxylation is 2. The van der Waals surface area contributed by atoms with E-state index in [0.717, 1.165) is 52.3 Å². The lowest BCUT2D eigenvalue weighted by Crippen LogP contribution is -2.51. The van der Waals surface area contributed by atoms with Gasteiger partial charge in [-0.1, -0.05) is 177 Å². The van der Waals surface area contributed by atoms with Gasteiger partial charge in [0.1, 0.15) is 32.8 Å². The van der Waals surface area contributed by atoms with Gasteiger partial charge in [0.15, 0.2) is 11.6 Å². The number of aromatic hydroxyl groups is 2. The highest BCUT2D eigenvalue weighted by Crippen LogP contribution is 2.57. The molecule has 36 heteroatoms. The van der Waals surface area contributed by atoms with Crippen molar-refractivity contribution >= 4 is 103 Å². The average Bonchev–Trinajstić information content (AvgIpc) is 1.57. The number of nitrogens with zero attached hydrogens (tertiary/aromatic N) is 3. The van der Waals surface area contributed by atoms with E-state index in [0.29, 0.717) is 25.8 Å². The molecule has 4 aromatic rings. The number of esters is 3. The van der Waals surface area contributed by atoms with Gasteiger partial charge >= 0.3 is 35.8 Å². The van der Waals surface area contributed by atoms with Crippen molar-refractivity contribution in [2.75, 3.05) is 80.7 Å². The molecule has 0 bridgehead atoms. The van der Waals surface area contributed by atoms with Crippen molar-refractivity contribution in [2.24, 2.45) is 109 Å². The first-order valence-electron chi connectivity index (χ1n) is 46.1. The first kappa shape index (κ1) is 111. The maximum absolute atomic E-state index is 16.1. The number of phenolic OH excluding ortho intramolecular Hbond substituents is 2. The minimum absolute atomic E-state index is 0.00507. The third-order valence-electron chi connectivity index (χ3n) is 27.6. The van der Waals surface area contributed by atoms with Gasteiger partial charge in [0.2, 0.25) is 55.5 Å². The van der Waals surface area contributed by atoms with Crippen molar-refractivity contribution < 1.29 is 128 Å². The number of carbonyl (C=O) groups is 14. The van der Waals surface area contributed by atoms with Gasteiger partial charge in [-0.2, -0.15) is 0 Å². The number of benzene rings is 4. The van der Waals surface area contributed by atoms with Gasteiger partial charge in [0.05, 0.1) is 103 Å². The molecule has 7 rings (SSSR count). The number of methoxy groups -OCH3 is 2. The van der Waals surface area contributed by atoms with Crippen LogP contribution in [0.25, 0.3) is 0 Å². The number of hydrogen-bond donors (Lipinski definition) is 9. The number of ketones is 2. The highest BCUT2D eigenvalue weighted by molar-refractivity contribution is 7.90. The van der Waals surface area contributed by atoms with Crippen LogP contribution in [0.2, 0.25) is 0 Å². The van der Waals surface area contributed by atoms with Crippen LogP contribution >= 0.6 is 0 Å². The molecule has 34 nitrogen and oxygen atoms in total. The zero-order valence-corrected chi connectivity index (χ0v) is 83.9. The molecule has 0 aromatic heterocycles. The minimum atomic E-state index is -4.70. The lowest BCUT2D eigenvalue weighted by molar-refractivity contribution is -0.168. The summed E-state index contributed by atoms with van der Waals surface area (Å²) in [5.41, 5.74) is -8.06. The molecule has 3 aliphatic heterocycles. The Balaban J connectivity index is 1.31. The number of nitrogens with one attached hydrogen (secondary N) is 4. The molecule has 0 saturated carbocycles. The third kappa shape index (κ3) is 26.4. The molecule has 6 amide bonds. The van der Waals surface area contributed by atoms with E-state index in [1.54, 1.807) is 121 Å². The molecule has 4 aromatic carbocycles. The van der Waals surface area contributed by atoms with E-state index in [1.165, 1.54) is 59.1 Å². The predicted molar refractivity (Wildman–Crippen MR) is 499 cm³/mol. The molecule has 3 aliphatic rings. The zero-order chi connectivity index (χ0) is 102. The molecule has 135 heavy (non-hydrogen) atoms. The molecule has 0 radical (unpaired) electrons. The molecule has 3 fully saturated rings. The smallest absolute Gasteiger partial charge is 0.318 e. The Labute approximate surface area is 793 Å². The van der Waals surface area contributed by atoms with Crippen LogP contribution in [0, 0.1) is 123 Å². The minimum Gasteiger partial charge on any atom is -0.507 e. The Hall–Kier alpha value is -10.6. The summed E-state index contributed by atoms with van der Waals surface area (Å²) in [6.45, 7) is 29.5. The quantitative estimate of drug-likeness (QED) is 0.00652. The topological polar surface area (TPSA) is 503 Å².